The molecule has 0 aromatic heterocycles. The summed E-state index contributed by atoms with van der Waals surface area (Å²) in [4.78, 5) is 26.5. The molecule has 1 heterocycles. The van der Waals surface area contributed by atoms with E-state index in [0.29, 0.717) is 32.8 Å². The molecule has 1 aliphatic rings. The Morgan fingerprint density at radius 3 is 2.26 bits per heavy atom. The summed E-state index contributed by atoms with van der Waals surface area (Å²) in [6, 6.07) is 15.6. The van der Waals surface area contributed by atoms with Crippen LogP contribution in [0.15, 0.2) is 53.0 Å². The van der Waals surface area contributed by atoms with E-state index in [4.69, 9.17) is 9.84 Å². The van der Waals surface area contributed by atoms with Crippen molar-refractivity contribution in [2.24, 2.45) is 0 Å². The molecule has 1 aliphatic heterocycles. The van der Waals surface area contributed by atoms with E-state index in [0.717, 1.165) is 21.3 Å². The van der Waals surface area contributed by atoms with Crippen LogP contribution in [0.3, 0.4) is 0 Å². The van der Waals surface area contributed by atoms with Gasteiger partial charge in [0.2, 0.25) is 5.91 Å². The van der Waals surface area contributed by atoms with E-state index in [-0.39, 0.29) is 12.3 Å². The lowest BCUT2D eigenvalue weighted by molar-refractivity contribution is -0.132. The number of amides is 2. The number of nitrogens with zero attached hydrogens (tertiary/aromatic N) is 2. The summed E-state index contributed by atoms with van der Waals surface area (Å²) >= 11 is 3.51. The minimum Gasteiger partial charge on any atom is -0.488 e. The second-order valence-corrected chi connectivity index (χ2v) is 7.22. The van der Waals surface area contributed by atoms with Gasteiger partial charge < -0.3 is 19.6 Å². The van der Waals surface area contributed by atoms with E-state index < -0.39 is 6.09 Å². The third-order valence-electron chi connectivity index (χ3n) is 4.49. The van der Waals surface area contributed by atoms with Crippen LogP contribution in [0, 0.1) is 0 Å². The quantitative estimate of drug-likeness (QED) is 0.785. The summed E-state index contributed by atoms with van der Waals surface area (Å²) in [5, 5.41) is 8.98. The molecule has 0 radical (unpaired) electrons. The van der Waals surface area contributed by atoms with Crippen molar-refractivity contribution in [1.29, 1.82) is 0 Å². The summed E-state index contributed by atoms with van der Waals surface area (Å²) in [5.74, 6) is 0.731. The smallest absolute Gasteiger partial charge is 0.407 e. The van der Waals surface area contributed by atoms with Crippen LogP contribution >= 0.6 is 15.9 Å². The minimum absolute atomic E-state index is 0.00453. The fraction of sp³-hybridized carbons (Fsp3) is 0.300. The molecule has 0 spiro atoms. The van der Waals surface area contributed by atoms with Crippen molar-refractivity contribution in [2.75, 3.05) is 26.2 Å². The number of hydrogen-bond acceptors (Lipinski definition) is 3. The molecule has 2 amide bonds. The molecule has 3 rings (SSSR count). The fourth-order valence-corrected chi connectivity index (χ4v) is 3.48. The number of rotatable bonds is 5. The molecule has 142 valence electrons. The number of hydrogen-bond donors (Lipinski definition) is 1. The van der Waals surface area contributed by atoms with Gasteiger partial charge in [-0.3, -0.25) is 4.79 Å². The third kappa shape index (κ3) is 5.23. The van der Waals surface area contributed by atoms with E-state index in [1.165, 1.54) is 4.90 Å². The van der Waals surface area contributed by atoms with Crippen LogP contribution in [0.25, 0.3) is 0 Å². The number of ether oxygens (including phenoxy) is 1. The van der Waals surface area contributed by atoms with Crippen LogP contribution in [-0.4, -0.2) is 53.1 Å². The van der Waals surface area contributed by atoms with Crippen LogP contribution in [0.2, 0.25) is 0 Å². The normalized spacial score (nSPS) is 14.1. The molecule has 0 unspecified atom stereocenters. The average molecular weight is 433 g/mol. The summed E-state index contributed by atoms with van der Waals surface area (Å²) in [6.45, 7) is 2.06. The highest BCUT2D eigenvalue weighted by atomic mass is 79.9. The number of piperazine rings is 1. The molecule has 6 nitrogen and oxygen atoms in total. The van der Waals surface area contributed by atoms with E-state index in [1.54, 1.807) is 4.90 Å². The van der Waals surface area contributed by atoms with Gasteiger partial charge in [0, 0.05) is 26.2 Å². The van der Waals surface area contributed by atoms with Gasteiger partial charge in [-0.1, -0.05) is 36.4 Å². The van der Waals surface area contributed by atoms with Gasteiger partial charge >= 0.3 is 6.09 Å². The fourth-order valence-electron chi connectivity index (χ4n) is 2.94. The summed E-state index contributed by atoms with van der Waals surface area (Å²) in [5.41, 5.74) is 1.98. The van der Waals surface area contributed by atoms with E-state index in [1.807, 2.05) is 48.5 Å². The third-order valence-corrected chi connectivity index (χ3v) is 5.11. The number of carboxylic acid groups (broad SMARTS) is 1. The molecular formula is C20H21BrN2O4. The van der Waals surface area contributed by atoms with Crippen LogP contribution in [0.5, 0.6) is 5.75 Å². The highest BCUT2D eigenvalue weighted by Gasteiger charge is 2.23. The Morgan fingerprint density at radius 2 is 1.63 bits per heavy atom. The zero-order valence-electron chi connectivity index (χ0n) is 14.8. The Bertz CT molecular complexity index is 805. The Balaban J connectivity index is 1.54. The van der Waals surface area contributed by atoms with Crippen molar-refractivity contribution in [3.63, 3.8) is 0 Å². The molecule has 1 saturated heterocycles. The molecule has 0 atom stereocenters. The standard InChI is InChI=1S/C20H21BrN2O4/c21-17-12-16(6-7-18(17)27-14-15-4-2-1-3-5-15)13-19(24)22-8-10-23(11-9-22)20(25)26/h1-7,12H,8-11,13-14H2,(H,25,26). The lowest BCUT2D eigenvalue weighted by atomic mass is 10.1. The molecule has 2 aromatic carbocycles. The molecular weight excluding hydrogens is 412 g/mol. The highest BCUT2D eigenvalue weighted by Crippen LogP contribution is 2.27. The van der Waals surface area contributed by atoms with Crippen molar-refractivity contribution in [2.45, 2.75) is 13.0 Å². The van der Waals surface area contributed by atoms with Crippen molar-refractivity contribution < 1.29 is 19.4 Å². The monoisotopic (exact) mass is 432 g/mol. The molecule has 0 bridgehead atoms. The predicted molar refractivity (Wildman–Crippen MR) is 105 cm³/mol. The van der Waals surface area contributed by atoms with Crippen LogP contribution < -0.4 is 4.74 Å². The topological polar surface area (TPSA) is 70.1 Å². The molecule has 1 N–H and O–H groups in total. The van der Waals surface area contributed by atoms with Gasteiger partial charge in [0.25, 0.3) is 0 Å². The average Bonchev–Trinajstić information content (AvgIpc) is 2.68. The number of carbonyl (C=O) groups excluding carboxylic acids is 1. The van der Waals surface area contributed by atoms with E-state index in [9.17, 15) is 9.59 Å². The maximum atomic E-state index is 12.5. The number of carbonyl (C=O) groups is 2. The Kier molecular flexibility index (Phi) is 6.34. The first kappa shape index (κ1) is 19.2. The first-order valence-electron chi connectivity index (χ1n) is 8.74. The minimum atomic E-state index is -0.933. The van der Waals surface area contributed by atoms with Crippen LogP contribution in [0.4, 0.5) is 4.79 Å². The van der Waals surface area contributed by atoms with E-state index >= 15 is 0 Å². The van der Waals surface area contributed by atoms with Gasteiger partial charge in [-0.25, -0.2) is 4.79 Å². The SMILES string of the molecule is O=C(O)N1CCN(C(=O)Cc2ccc(OCc3ccccc3)c(Br)c2)CC1. The summed E-state index contributed by atoms with van der Waals surface area (Å²) in [6.07, 6.45) is -0.651. The lowest BCUT2D eigenvalue weighted by Crippen LogP contribution is -2.50. The number of halogens is 1. The Hall–Kier alpha value is -2.54. The second-order valence-electron chi connectivity index (χ2n) is 6.37. The van der Waals surface area contributed by atoms with Crippen molar-refractivity contribution >= 4 is 27.9 Å². The molecule has 27 heavy (non-hydrogen) atoms. The van der Waals surface area contributed by atoms with Gasteiger partial charge in [0.15, 0.2) is 0 Å². The van der Waals surface area contributed by atoms with Crippen LogP contribution in [0.1, 0.15) is 11.1 Å². The van der Waals surface area contributed by atoms with Gasteiger partial charge in [0.05, 0.1) is 10.9 Å². The molecule has 2 aromatic rings. The first-order chi connectivity index (χ1) is 13.0. The van der Waals surface area contributed by atoms with Crippen molar-refractivity contribution in [3.8, 4) is 5.75 Å². The zero-order chi connectivity index (χ0) is 19.2. The molecule has 0 aliphatic carbocycles. The predicted octanol–water partition coefficient (Wildman–Crippen LogP) is 3.39. The Labute approximate surface area is 166 Å². The van der Waals surface area contributed by atoms with Crippen molar-refractivity contribution in [3.05, 3.63) is 64.1 Å². The highest BCUT2D eigenvalue weighted by molar-refractivity contribution is 9.10. The first-order valence-corrected chi connectivity index (χ1v) is 9.53. The van der Waals surface area contributed by atoms with Gasteiger partial charge in [-0.05, 0) is 39.2 Å². The van der Waals surface area contributed by atoms with Gasteiger partial charge in [0.1, 0.15) is 12.4 Å². The zero-order valence-corrected chi connectivity index (χ0v) is 16.4. The van der Waals surface area contributed by atoms with Gasteiger partial charge in [-0.2, -0.15) is 0 Å². The molecule has 1 fully saturated rings. The van der Waals surface area contributed by atoms with Crippen LogP contribution in [-0.2, 0) is 17.8 Å². The summed E-state index contributed by atoms with van der Waals surface area (Å²) < 4.78 is 6.64. The lowest BCUT2D eigenvalue weighted by Gasteiger charge is -2.33. The maximum Gasteiger partial charge on any atom is 0.407 e. The van der Waals surface area contributed by atoms with Crippen molar-refractivity contribution in [1.82, 2.24) is 9.80 Å². The molecule has 0 saturated carbocycles. The second kappa shape index (κ2) is 8.90. The number of benzene rings is 2. The summed E-state index contributed by atoms with van der Waals surface area (Å²) in [7, 11) is 0. The van der Waals surface area contributed by atoms with Gasteiger partial charge in [-0.15, -0.1) is 0 Å². The van der Waals surface area contributed by atoms with E-state index in [2.05, 4.69) is 15.9 Å². The Morgan fingerprint density at radius 1 is 0.963 bits per heavy atom. The maximum absolute atomic E-state index is 12.5. The largest absolute Gasteiger partial charge is 0.488 e. The molecule has 7 heteroatoms.